The van der Waals surface area contributed by atoms with Gasteiger partial charge in [-0.25, -0.2) is 9.78 Å². The van der Waals surface area contributed by atoms with E-state index in [4.69, 9.17) is 9.72 Å². The molecule has 0 amide bonds. The second-order valence-electron chi connectivity index (χ2n) is 6.30. The van der Waals surface area contributed by atoms with Gasteiger partial charge in [-0.2, -0.15) is 0 Å². The molecule has 1 aromatic heterocycles. The fourth-order valence-corrected chi connectivity index (χ4v) is 3.49. The maximum absolute atomic E-state index is 12.7. The summed E-state index contributed by atoms with van der Waals surface area (Å²) in [4.78, 5) is 19.4. The maximum Gasteiger partial charge on any atom is 0.355 e. The van der Waals surface area contributed by atoms with Crippen LogP contribution in [-0.2, 0) is 16.0 Å². The monoisotopic (exact) mass is 344 g/mol. The van der Waals surface area contributed by atoms with Crippen molar-refractivity contribution in [3.05, 3.63) is 77.6 Å². The van der Waals surface area contributed by atoms with Crippen LogP contribution in [-0.4, -0.2) is 24.6 Å². The summed E-state index contributed by atoms with van der Waals surface area (Å²) in [5.74, 6) is -0.311. The number of nitrogens with zero attached hydrogens (tertiary/aromatic N) is 2. The molecule has 0 atom stereocenters. The first-order chi connectivity index (χ1) is 12.7. The van der Waals surface area contributed by atoms with E-state index < -0.39 is 0 Å². The molecule has 0 unspecified atom stereocenters. The van der Waals surface area contributed by atoms with Crippen molar-refractivity contribution >= 4 is 28.1 Å². The van der Waals surface area contributed by atoms with Crippen LogP contribution in [0.4, 0.5) is 5.69 Å². The highest BCUT2D eigenvalue weighted by atomic mass is 16.5. The third-order valence-electron chi connectivity index (χ3n) is 4.72. The van der Waals surface area contributed by atoms with Gasteiger partial charge in [-0.15, -0.1) is 0 Å². The normalized spacial score (nSPS) is 13.7. The zero-order valence-electron chi connectivity index (χ0n) is 14.9. The molecule has 4 rings (SSSR count). The van der Waals surface area contributed by atoms with Crippen LogP contribution in [0.2, 0.25) is 0 Å². The fraction of sp³-hybridized carbons (Fsp3) is 0.182. The van der Waals surface area contributed by atoms with Gasteiger partial charge in [-0.05, 0) is 30.7 Å². The highest BCUT2D eigenvalue weighted by molar-refractivity contribution is 6.03. The Hall–Kier alpha value is -3.14. The van der Waals surface area contributed by atoms with E-state index in [-0.39, 0.29) is 5.97 Å². The number of allylic oxidation sites excluding steroid dienone is 1. The molecule has 0 spiro atoms. The van der Waals surface area contributed by atoms with E-state index >= 15 is 0 Å². The zero-order valence-corrected chi connectivity index (χ0v) is 14.9. The van der Waals surface area contributed by atoms with E-state index in [1.165, 1.54) is 5.56 Å². The van der Waals surface area contributed by atoms with Crippen LogP contribution in [0, 0.1) is 0 Å². The highest BCUT2D eigenvalue weighted by Crippen LogP contribution is 2.36. The fourth-order valence-electron chi connectivity index (χ4n) is 3.49. The molecule has 4 heteroatoms. The number of fused-ring (bicyclic) bond motifs is 2. The molecule has 26 heavy (non-hydrogen) atoms. The predicted octanol–water partition coefficient (Wildman–Crippen LogP) is 4.20. The SMILES string of the molecule is CCOC(=O)C1=C(c2ccc3ccccc3n2)Cc2ccccc2N1C. The van der Waals surface area contributed by atoms with E-state index in [2.05, 4.69) is 6.07 Å². The van der Waals surface area contributed by atoms with Gasteiger partial charge in [-0.3, -0.25) is 0 Å². The van der Waals surface area contributed by atoms with Crippen molar-refractivity contribution in [2.45, 2.75) is 13.3 Å². The molecule has 130 valence electrons. The van der Waals surface area contributed by atoms with Crippen LogP contribution in [0.1, 0.15) is 18.2 Å². The van der Waals surface area contributed by atoms with Gasteiger partial charge in [-0.1, -0.05) is 42.5 Å². The second kappa shape index (κ2) is 6.64. The van der Waals surface area contributed by atoms with Crippen LogP contribution in [0.25, 0.3) is 16.5 Å². The average Bonchev–Trinajstić information content (AvgIpc) is 2.67. The topological polar surface area (TPSA) is 42.4 Å². The van der Waals surface area contributed by atoms with Crippen molar-refractivity contribution in [2.75, 3.05) is 18.6 Å². The van der Waals surface area contributed by atoms with E-state index in [1.807, 2.05) is 73.5 Å². The van der Waals surface area contributed by atoms with Crippen LogP contribution in [0.5, 0.6) is 0 Å². The number of anilines is 1. The number of hydrogen-bond donors (Lipinski definition) is 0. The van der Waals surface area contributed by atoms with Gasteiger partial charge in [0.15, 0.2) is 0 Å². The molecule has 2 aromatic carbocycles. The van der Waals surface area contributed by atoms with Crippen molar-refractivity contribution in [1.29, 1.82) is 0 Å². The van der Waals surface area contributed by atoms with Gasteiger partial charge in [0.2, 0.25) is 0 Å². The Balaban J connectivity index is 1.90. The number of carbonyl (C=O) groups is 1. The van der Waals surface area contributed by atoms with Gasteiger partial charge in [0.1, 0.15) is 5.70 Å². The molecule has 1 aliphatic rings. The smallest absolute Gasteiger partial charge is 0.355 e. The van der Waals surface area contributed by atoms with E-state index in [9.17, 15) is 4.79 Å². The summed E-state index contributed by atoms with van der Waals surface area (Å²) in [6.45, 7) is 2.17. The summed E-state index contributed by atoms with van der Waals surface area (Å²) in [6, 6.07) is 20.2. The van der Waals surface area contributed by atoms with E-state index in [0.29, 0.717) is 18.7 Å². The summed E-state index contributed by atoms with van der Waals surface area (Å²) in [5, 5.41) is 1.08. The summed E-state index contributed by atoms with van der Waals surface area (Å²) >= 11 is 0. The Kier molecular flexibility index (Phi) is 4.17. The third kappa shape index (κ3) is 2.73. The van der Waals surface area contributed by atoms with E-state index in [1.54, 1.807) is 0 Å². The van der Waals surface area contributed by atoms with Crippen molar-refractivity contribution in [3.8, 4) is 0 Å². The Morgan fingerprint density at radius 3 is 2.69 bits per heavy atom. The lowest BCUT2D eigenvalue weighted by Crippen LogP contribution is -2.30. The molecule has 2 heterocycles. The van der Waals surface area contributed by atoms with Crippen LogP contribution in [0.15, 0.2) is 66.4 Å². The molecule has 0 radical (unpaired) electrons. The van der Waals surface area contributed by atoms with Crippen molar-refractivity contribution in [3.63, 3.8) is 0 Å². The lowest BCUT2D eigenvalue weighted by molar-refractivity contribution is -0.138. The highest BCUT2D eigenvalue weighted by Gasteiger charge is 2.29. The largest absolute Gasteiger partial charge is 0.461 e. The van der Waals surface area contributed by atoms with Crippen molar-refractivity contribution in [1.82, 2.24) is 4.98 Å². The molecule has 4 nitrogen and oxygen atoms in total. The first-order valence-corrected chi connectivity index (χ1v) is 8.77. The number of aromatic nitrogens is 1. The zero-order chi connectivity index (χ0) is 18.1. The molecular weight excluding hydrogens is 324 g/mol. The molecule has 0 bridgehead atoms. The van der Waals surface area contributed by atoms with Gasteiger partial charge < -0.3 is 9.64 Å². The Labute approximate surface area is 152 Å². The average molecular weight is 344 g/mol. The lowest BCUT2D eigenvalue weighted by Gasteiger charge is -2.31. The van der Waals surface area contributed by atoms with Gasteiger partial charge in [0.05, 0.1) is 17.8 Å². The molecule has 0 N–H and O–H groups in total. The number of esters is 1. The van der Waals surface area contributed by atoms with E-state index in [0.717, 1.165) is 27.9 Å². The molecule has 0 aliphatic carbocycles. The number of rotatable bonds is 3. The molecule has 0 saturated carbocycles. The third-order valence-corrected chi connectivity index (χ3v) is 4.72. The number of pyridine rings is 1. The molecular formula is C22H20N2O2. The molecule has 0 saturated heterocycles. The summed E-state index contributed by atoms with van der Waals surface area (Å²) in [7, 11) is 1.91. The minimum atomic E-state index is -0.311. The van der Waals surface area contributed by atoms with Crippen LogP contribution >= 0.6 is 0 Å². The number of hydrogen-bond acceptors (Lipinski definition) is 4. The van der Waals surface area contributed by atoms with Gasteiger partial charge in [0, 0.05) is 30.1 Å². The van der Waals surface area contributed by atoms with Crippen LogP contribution in [0.3, 0.4) is 0 Å². The van der Waals surface area contributed by atoms with Crippen molar-refractivity contribution in [2.24, 2.45) is 0 Å². The Morgan fingerprint density at radius 1 is 1.08 bits per heavy atom. The number of ether oxygens (including phenoxy) is 1. The minimum absolute atomic E-state index is 0.311. The molecule has 3 aromatic rings. The Morgan fingerprint density at radius 2 is 1.85 bits per heavy atom. The van der Waals surface area contributed by atoms with Crippen LogP contribution < -0.4 is 4.90 Å². The quantitative estimate of drug-likeness (QED) is 0.668. The first kappa shape index (κ1) is 16.3. The second-order valence-corrected chi connectivity index (χ2v) is 6.30. The number of carbonyl (C=O) groups excluding carboxylic acids is 1. The summed E-state index contributed by atoms with van der Waals surface area (Å²) in [5.41, 5.74) is 5.40. The van der Waals surface area contributed by atoms with Crippen molar-refractivity contribution < 1.29 is 9.53 Å². The standard InChI is InChI=1S/C22H20N2O2/c1-3-26-22(25)21-17(14-16-9-5-7-11-20(16)24(21)2)19-13-12-15-8-4-6-10-18(15)23-19/h4-13H,3,14H2,1-2H3. The Bertz CT molecular complexity index is 1020. The summed E-state index contributed by atoms with van der Waals surface area (Å²) in [6.07, 6.45) is 0.653. The number of likely N-dealkylation sites (N-methyl/N-ethyl adjacent to an activating group) is 1. The van der Waals surface area contributed by atoms with Gasteiger partial charge in [0.25, 0.3) is 0 Å². The summed E-state index contributed by atoms with van der Waals surface area (Å²) < 4.78 is 5.34. The lowest BCUT2D eigenvalue weighted by atomic mass is 9.93. The predicted molar refractivity (Wildman–Crippen MR) is 104 cm³/mol. The number of benzene rings is 2. The first-order valence-electron chi connectivity index (χ1n) is 8.77. The maximum atomic E-state index is 12.7. The molecule has 0 fully saturated rings. The minimum Gasteiger partial charge on any atom is -0.461 e. The molecule has 1 aliphatic heterocycles. The van der Waals surface area contributed by atoms with Gasteiger partial charge >= 0.3 is 5.97 Å². The number of para-hydroxylation sites is 2.